The Morgan fingerprint density at radius 3 is 1.17 bits per heavy atom. The molecule has 0 unspecified atom stereocenters. The van der Waals surface area contributed by atoms with Gasteiger partial charge in [0.15, 0.2) is 29.0 Å². The van der Waals surface area contributed by atoms with E-state index in [0.29, 0.717) is 142 Å². The van der Waals surface area contributed by atoms with E-state index < -0.39 is 7.82 Å². The van der Waals surface area contributed by atoms with E-state index >= 15 is 0 Å². The number of ether oxygens (including phenoxy) is 3. The Balaban J connectivity index is 0.000000183. The molecule has 0 radical (unpaired) electrons. The summed E-state index contributed by atoms with van der Waals surface area (Å²) in [5.41, 5.74) is 33.6. The number of rotatable bonds is 38. The molecule has 3 amide bonds. The molecule has 6 aromatic carbocycles. The number of carbonyl (C=O) groups is 3. The van der Waals surface area contributed by atoms with Crippen LogP contribution in [0.3, 0.4) is 0 Å². The number of phosphoric ester groups is 1. The zero-order valence-corrected chi connectivity index (χ0v) is 71.0. The van der Waals surface area contributed by atoms with Gasteiger partial charge >= 0.3 is 7.82 Å². The number of pyridine rings is 3. The van der Waals surface area contributed by atoms with Crippen molar-refractivity contribution in [1.29, 1.82) is 0 Å². The van der Waals surface area contributed by atoms with Crippen LogP contribution in [0.2, 0.25) is 0 Å². The van der Waals surface area contributed by atoms with Gasteiger partial charge in [-0.05, 0) is 146 Å². The number of carbonyl (C=O) groups excluding carboxylic acids is 3. The molecule has 6 heterocycles. The number of fused-ring (bicyclic) bond motifs is 9. The van der Waals surface area contributed by atoms with Crippen molar-refractivity contribution in [2.45, 2.75) is 131 Å². The van der Waals surface area contributed by atoms with Crippen molar-refractivity contribution in [2.75, 3.05) is 92.5 Å². The van der Waals surface area contributed by atoms with Gasteiger partial charge in [-0.15, -0.1) is 0 Å². The Morgan fingerprint density at radius 1 is 0.443 bits per heavy atom. The summed E-state index contributed by atoms with van der Waals surface area (Å²) in [6.07, 6.45) is 10.5. The number of aromatic nitrogens is 9. The molecule has 0 spiro atoms. The lowest BCUT2D eigenvalue weighted by Crippen LogP contribution is -2.28. The van der Waals surface area contributed by atoms with E-state index in [2.05, 4.69) is 137 Å². The maximum Gasteiger partial charge on any atom is 0.524 e. The summed E-state index contributed by atoms with van der Waals surface area (Å²) >= 11 is 9.37. The minimum Gasteiger partial charge on any atom is -0.508 e. The number of para-hydroxylation sites is 1. The molecule has 612 valence electrons. The van der Waals surface area contributed by atoms with Gasteiger partial charge in [0, 0.05) is 73.7 Å². The highest BCUT2D eigenvalue weighted by Crippen LogP contribution is 2.41. The third-order valence-corrected chi connectivity index (χ3v) is 21.3. The molecule has 12 aromatic rings. The van der Waals surface area contributed by atoms with Crippen molar-refractivity contribution in [1.82, 2.24) is 59.6 Å². The fraction of sp³-hybridized carbons (Fsp3) is 0.386. The molecule has 0 fully saturated rings. The van der Waals surface area contributed by atoms with Crippen LogP contribution in [-0.4, -0.2) is 162 Å². The molecule has 0 aliphatic heterocycles. The lowest BCUT2D eigenvalue weighted by Gasteiger charge is -2.14. The lowest BCUT2D eigenvalue weighted by molar-refractivity contribution is -0.119. The first kappa shape index (κ1) is 87.8. The van der Waals surface area contributed by atoms with Crippen LogP contribution in [0.4, 0.5) is 17.5 Å². The number of phosphoric acid groups is 1. The number of nitrogen functional groups attached to an aromatic ring is 3. The van der Waals surface area contributed by atoms with Gasteiger partial charge in [0.1, 0.15) is 45.5 Å². The largest absolute Gasteiger partial charge is 0.524 e. The van der Waals surface area contributed by atoms with Gasteiger partial charge in [0.25, 0.3) is 0 Å². The van der Waals surface area contributed by atoms with Crippen molar-refractivity contribution in [3.63, 3.8) is 0 Å². The Bertz CT molecular complexity index is 5440. The molecule has 0 bridgehead atoms. The lowest BCUT2D eigenvalue weighted by atomic mass is 10.1. The van der Waals surface area contributed by atoms with E-state index in [1.54, 1.807) is 37.3 Å². The molecule has 28 nitrogen and oxygen atoms in total. The predicted octanol–water partition coefficient (Wildman–Crippen LogP) is 13.1. The van der Waals surface area contributed by atoms with E-state index in [1.807, 2.05) is 55.5 Å². The number of nitrogens with zero attached hydrogens (tertiary/aromatic N) is 9. The van der Waals surface area contributed by atoms with Crippen LogP contribution in [0.15, 0.2) is 109 Å². The number of hydrogen-bond donors (Lipinski definition) is 11. The molecule has 115 heavy (non-hydrogen) atoms. The van der Waals surface area contributed by atoms with Crippen molar-refractivity contribution >= 4 is 157 Å². The van der Waals surface area contributed by atoms with Gasteiger partial charge in [-0.3, -0.25) is 24.2 Å². The molecule has 6 aromatic heterocycles. The molecule has 0 saturated carbocycles. The Morgan fingerprint density at radius 2 is 0.809 bits per heavy atom. The second kappa shape index (κ2) is 42.4. The topological polar surface area (TPSA) is 413 Å². The van der Waals surface area contributed by atoms with E-state index in [0.717, 1.165) is 170 Å². The fourth-order valence-corrected chi connectivity index (χ4v) is 14.5. The third-order valence-electron chi connectivity index (χ3n) is 19.3. The highest BCUT2D eigenvalue weighted by molar-refractivity contribution is 9.09. The molecule has 32 heteroatoms. The molecule has 12 rings (SSSR count). The summed E-state index contributed by atoms with van der Waals surface area (Å²) in [4.78, 5) is 81.0. The van der Waals surface area contributed by atoms with Crippen LogP contribution < -0.4 is 37.7 Å². The number of nitrogens with two attached hydrogens (primary N) is 3. The molecular formula is C83H101Br3N15O13P. The van der Waals surface area contributed by atoms with Crippen LogP contribution in [0, 0.1) is 13.8 Å². The minimum atomic E-state index is -4.66. The van der Waals surface area contributed by atoms with E-state index in [9.17, 15) is 44.1 Å². The number of phenols is 3. The van der Waals surface area contributed by atoms with Crippen LogP contribution >= 0.6 is 55.6 Å². The number of amides is 3. The number of aryl methyl sites for hydroxylation is 5. The number of alkyl halides is 3. The van der Waals surface area contributed by atoms with Gasteiger partial charge in [0.05, 0.1) is 95.3 Å². The Kier molecular flexibility index (Phi) is 32.3. The second-order valence-corrected chi connectivity index (χ2v) is 30.8. The molecule has 0 saturated heterocycles. The number of benzene rings is 6. The maximum atomic E-state index is 11.3. The zero-order valence-electron chi connectivity index (χ0n) is 65.3. The molecule has 0 atom stereocenters. The summed E-state index contributed by atoms with van der Waals surface area (Å²) in [5, 5.41) is 42.5. The number of phenolic OH excluding ortho intramolecular Hbond substituents is 3. The monoisotopic (exact) mass is 1780 g/mol. The first-order valence-corrected chi connectivity index (χ1v) is 43.4. The summed E-state index contributed by atoms with van der Waals surface area (Å²) in [7, 11) is -4.66. The number of aromatic hydroxyl groups is 3. The van der Waals surface area contributed by atoms with Gasteiger partial charge in [-0.1, -0.05) is 142 Å². The summed E-state index contributed by atoms with van der Waals surface area (Å²) in [6.45, 7) is 15.9. The molecule has 0 aliphatic rings. The smallest absolute Gasteiger partial charge is 0.508 e. The van der Waals surface area contributed by atoms with Crippen molar-refractivity contribution in [3.8, 4) is 23.0 Å². The average molecular weight is 1790 g/mol. The number of imidazole rings is 3. The second-order valence-electron chi connectivity index (χ2n) is 27.9. The van der Waals surface area contributed by atoms with Gasteiger partial charge in [0.2, 0.25) is 17.7 Å². The number of halogens is 3. The zero-order chi connectivity index (χ0) is 82.3. The van der Waals surface area contributed by atoms with Crippen LogP contribution in [0.25, 0.3) is 65.8 Å². The van der Waals surface area contributed by atoms with Crippen molar-refractivity contribution in [3.05, 3.63) is 171 Å². The van der Waals surface area contributed by atoms with Crippen LogP contribution in [-0.2, 0) is 91.3 Å². The third kappa shape index (κ3) is 23.6. The summed E-state index contributed by atoms with van der Waals surface area (Å²) in [6, 6.07) is 34.2. The summed E-state index contributed by atoms with van der Waals surface area (Å²) in [5.74, 6) is 3.86. The Labute approximate surface area is 692 Å². The van der Waals surface area contributed by atoms with Gasteiger partial charge < -0.3 is 80.9 Å². The SMILES string of the molecule is CCCCc1nc2c(N)nc3ccc(CCOCCNC(=O)CBr)cc3c2n1Cc1ccc(O)c(C)c1.CCCCc1nc2c(N)nc3ccc(CCOCCNC(=O)CBr)cc3c2n1Cc1ccc(OP(=O)(O)O)c(C)c1.CCCCc1nc2c(N)nc3ccc(CCOCCNC(=O)CBr)cc3c2n1Cc1cccc(O)c1O. The van der Waals surface area contributed by atoms with Crippen LogP contribution in [0.5, 0.6) is 23.0 Å². The van der Waals surface area contributed by atoms with Crippen molar-refractivity contribution in [2.24, 2.45) is 0 Å². The van der Waals surface area contributed by atoms with Crippen molar-refractivity contribution < 1.29 is 62.8 Å². The molecular weight excluding hydrogens is 1690 g/mol. The quantitative estimate of drug-likeness (QED) is 0.00741. The number of anilines is 3. The van der Waals surface area contributed by atoms with E-state index in [1.165, 1.54) is 6.07 Å². The van der Waals surface area contributed by atoms with E-state index in [4.69, 9.17) is 50.9 Å². The summed E-state index contributed by atoms with van der Waals surface area (Å²) < 4.78 is 39.8. The molecule has 0 aliphatic carbocycles. The van der Waals surface area contributed by atoms with E-state index in [-0.39, 0.29) is 45.6 Å². The maximum absolute atomic E-state index is 11.3. The minimum absolute atomic E-state index is 0.0497. The van der Waals surface area contributed by atoms with Crippen LogP contribution in [0.1, 0.15) is 121 Å². The number of hydrogen-bond acceptors (Lipinski definition) is 20. The number of nitrogens with one attached hydrogen (secondary N) is 3. The highest BCUT2D eigenvalue weighted by Gasteiger charge is 2.24. The number of unbranched alkanes of at least 4 members (excludes halogenated alkanes) is 3. The standard InChI is InChI=1S/C28H35BrN5O6P.C28H34BrN5O3.C27H32BrN5O4/c1-3-4-5-24-33-26-27(34(24)17-20-7-9-23(18(2)14-20)40-41(36,37)38)21-15-19(6-8-22(21)32-28(26)30)10-12-39-13-11-31-25(35)16-29;1-3-4-5-24-33-26-27(34(24)17-20-7-9-23(35)18(2)14-20)21-15-19(6-8-22(21)32-28(26)30)10-12-37-13-11-31-25(36)16-29;1-2-3-7-22-32-24-25(33(22)16-18-5-4-6-21(34)26(18)36)19-14-17(8-9-20(19)31-27(24)29)10-12-37-13-11-30-23(35)15-28/h6-9,14-15H,3-5,10-13,16-17H2,1-2H3,(H2,30,32)(H,31,35)(H2,36,37,38);6-9,14-15,35H,3-5,10-13,16-17H2,1-2H3,(H2,30,32)(H,31,36);4-6,8-9,14,34,36H,2-3,7,10-13,15-16H2,1H3,(H2,29,31)(H,30,35). The predicted molar refractivity (Wildman–Crippen MR) is 462 cm³/mol. The molecule has 14 N–H and O–H groups in total. The van der Waals surface area contributed by atoms with Gasteiger partial charge in [-0.25, -0.2) is 34.5 Å². The first-order chi connectivity index (χ1) is 55.4. The highest BCUT2D eigenvalue weighted by atomic mass is 79.9. The fourth-order valence-electron chi connectivity index (χ4n) is 13.5. The first-order valence-electron chi connectivity index (χ1n) is 38.5. The normalized spacial score (nSPS) is 11.6. The Hall–Kier alpha value is -9.56. The van der Waals surface area contributed by atoms with Gasteiger partial charge in [-0.2, -0.15) is 0 Å². The average Bonchev–Trinajstić information content (AvgIpc) is 1.62.